The number of hydrogen-bond donors (Lipinski definition) is 1. The highest BCUT2D eigenvalue weighted by molar-refractivity contribution is 7.99. The van der Waals surface area contributed by atoms with Crippen LogP contribution in [0.1, 0.15) is 30.9 Å². The molecule has 1 aromatic carbocycles. The van der Waals surface area contributed by atoms with Gasteiger partial charge in [0.15, 0.2) is 0 Å². The van der Waals surface area contributed by atoms with Gasteiger partial charge in [-0.15, -0.1) is 0 Å². The van der Waals surface area contributed by atoms with Gasteiger partial charge in [-0.25, -0.2) is 0 Å². The molecule has 0 bridgehead atoms. The highest BCUT2D eigenvalue weighted by Gasteiger charge is 2.42. The lowest BCUT2D eigenvalue weighted by atomic mass is 9.80. The average molecular weight is 294 g/mol. The van der Waals surface area contributed by atoms with Crippen LogP contribution in [-0.4, -0.2) is 35.9 Å². The lowest BCUT2D eigenvalue weighted by Gasteiger charge is -2.39. The van der Waals surface area contributed by atoms with Crippen molar-refractivity contribution in [3.8, 4) is 5.75 Å². The third-order valence-corrected chi connectivity index (χ3v) is 5.70. The van der Waals surface area contributed by atoms with Crippen molar-refractivity contribution < 1.29 is 14.6 Å². The maximum atomic E-state index is 10.7. The van der Waals surface area contributed by atoms with Crippen LogP contribution < -0.4 is 4.74 Å². The Morgan fingerprint density at radius 3 is 3.15 bits per heavy atom. The normalized spacial score (nSPS) is 31.4. The zero-order valence-corrected chi connectivity index (χ0v) is 12.7. The highest BCUT2D eigenvalue weighted by atomic mass is 32.2. The molecule has 20 heavy (non-hydrogen) atoms. The summed E-state index contributed by atoms with van der Waals surface area (Å²) in [6.45, 7) is 0.770. The minimum absolute atomic E-state index is 0.0213. The quantitative estimate of drug-likeness (QED) is 0.930. The number of methoxy groups -OCH3 is 1. The summed E-state index contributed by atoms with van der Waals surface area (Å²) in [5.41, 5.74) is 0.977. The molecule has 4 heteroatoms. The van der Waals surface area contributed by atoms with Gasteiger partial charge >= 0.3 is 0 Å². The number of thioether (sulfide) groups is 1. The minimum Gasteiger partial charge on any atom is -0.497 e. The van der Waals surface area contributed by atoms with Crippen LogP contribution in [0.4, 0.5) is 0 Å². The summed E-state index contributed by atoms with van der Waals surface area (Å²) in [6.07, 6.45) is 2.61. The number of hydrogen-bond acceptors (Lipinski definition) is 4. The molecule has 0 radical (unpaired) electrons. The predicted molar refractivity (Wildman–Crippen MR) is 81.3 cm³/mol. The second-order valence-corrected chi connectivity index (χ2v) is 6.91. The maximum absolute atomic E-state index is 10.7. The Morgan fingerprint density at radius 2 is 2.40 bits per heavy atom. The summed E-state index contributed by atoms with van der Waals surface area (Å²) < 4.78 is 11.3. The predicted octanol–water partition coefficient (Wildman–Crippen LogP) is 3.03. The van der Waals surface area contributed by atoms with Crippen LogP contribution in [0.5, 0.6) is 5.75 Å². The number of aliphatic hydroxyl groups excluding tert-OH is 1. The Bertz CT molecular complexity index is 457. The highest BCUT2D eigenvalue weighted by Crippen LogP contribution is 2.44. The molecular weight excluding hydrogens is 272 g/mol. The van der Waals surface area contributed by atoms with Gasteiger partial charge in [-0.1, -0.05) is 12.1 Å². The molecule has 1 aromatic rings. The van der Waals surface area contributed by atoms with Crippen LogP contribution in [0.3, 0.4) is 0 Å². The Hall–Kier alpha value is -0.710. The molecule has 2 heterocycles. The molecule has 2 fully saturated rings. The van der Waals surface area contributed by atoms with E-state index in [1.165, 1.54) is 5.75 Å². The molecule has 2 aliphatic heterocycles. The van der Waals surface area contributed by atoms with E-state index in [-0.39, 0.29) is 11.5 Å². The van der Waals surface area contributed by atoms with Crippen molar-refractivity contribution in [2.24, 2.45) is 5.92 Å². The molecule has 1 spiro atoms. The molecule has 110 valence electrons. The first-order chi connectivity index (χ1) is 9.72. The van der Waals surface area contributed by atoms with E-state index in [1.807, 2.05) is 36.0 Å². The van der Waals surface area contributed by atoms with Gasteiger partial charge in [0, 0.05) is 12.4 Å². The van der Waals surface area contributed by atoms with Crippen LogP contribution in [0, 0.1) is 5.92 Å². The van der Waals surface area contributed by atoms with E-state index in [4.69, 9.17) is 9.47 Å². The zero-order chi connectivity index (χ0) is 14.0. The molecule has 3 unspecified atom stereocenters. The minimum atomic E-state index is -0.420. The smallest absolute Gasteiger partial charge is 0.119 e. The monoisotopic (exact) mass is 294 g/mol. The summed E-state index contributed by atoms with van der Waals surface area (Å²) in [5.74, 6) is 3.35. The number of benzene rings is 1. The molecule has 3 rings (SSSR count). The summed E-state index contributed by atoms with van der Waals surface area (Å²) in [4.78, 5) is 0. The van der Waals surface area contributed by atoms with E-state index < -0.39 is 6.10 Å². The topological polar surface area (TPSA) is 38.7 Å². The van der Waals surface area contributed by atoms with E-state index in [0.29, 0.717) is 0 Å². The van der Waals surface area contributed by atoms with Crippen LogP contribution in [0.25, 0.3) is 0 Å². The van der Waals surface area contributed by atoms with Crippen LogP contribution in [0.15, 0.2) is 24.3 Å². The molecular formula is C16H22O3S. The van der Waals surface area contributed by atoms with E-state index >= 15 is 0 Å². The van der Waals surface area contributed by atoms with E-state index in [1.54, 1.807) is 7.11 Å². The Labute approximate surface area is 124 Å². The number of aliphatic hydroxyl groups is 1. The molecule has 2 saturated heterocycles. The number of ether oxygens (including phenoxy) is 2. The first kappa shape index (κ1) is 14.2. The molecule has 0 amide bonds. The van der Waals surface area contributed by atoms with Crippen LogP contribution >= 0.6 is 11.8 Å². The van der Waals surface area contributed by atoms with Crippen LogP contribution in [0.2, 0.25) is 0 Å². The van der Waals surface area contributed by atoms with E-state index in [0.717, 1.165) is 42.9 Å². The van der Waals surface area contributed by atoms with Crippen molar-refractivity contribution in [1.82, 2.24) is 0 Å². The van der Waals surface area contributed by atoms with Crippen molar-refractivity contribution >= 4 is 11.8 Å². The fourth-order valence-corrected chi connectivity index (χ4v) is 4.67. The Kier molecular flexibility index (Phi) is 4.24. The fraction of sp³-hybridized carbons (Fsp3) is 0.625. The summed E-state index contributed by atoms with van der Waals surface area (Å²) in [7, 11) is 1.66. The summed E-state index contributed by atoms with van der Waals surface area (Å²) in [5, 5.41) is 10.7. The summed E-state index contributed by atoms with van der Waals surface area (Å²) >= 11 is 1.97. The standard InChI is InChI=1S/C16H22O3S/c1-18-14-4-2-3-12(9-14)15(17)13-5-7-19-16(10-13)6-8-20-11-16/h2-4,9,13,15,17H,5-8,10-11H2,1H3. The molecule has 0 aromatic heterocycles. The van der Waals surface area contributed by atoms with Gasteiger partial charge in [0.25, 0.3) is 0 Å². The lowest BCUT2D eigenvalue weighted by Crippen LogP contribution is -2.41. The second-order valence-electron chi connectivity index (χ2n) is 5.81. The van der Waals surface area contributed by atoms with Crippen molar-refractivity contribution in [2.75, 3.05) is 25.2 Å². The largest absolute Gasteiger partial charge is 0.497 e. The Morgan fingerprint density at radius 1 is 1.50 bits per heavy atom. The van der Waals surface area contributed by atoms with Gasteiger partial charge < -0.3 is 14.6 Å². The molecule has 3 atom stereocenters. The SMILES string of the molecule is COc1cccc(C(O)C2CCOC3(CCSC3)C2)c1. The van der Waals surface area contributed by atoms with Gasteiger partial charge in [0.05, 0.1) is 18.8 Å². The van der Waals surface area contributed by atoms with Gasteiger partial charge in [0.1, 0.15) is 5.75 Å². The fourth-order valence-electron chi connectivity index (χ4n) is 3.30. The summed E-state index contributed by atoms with van der Waals surface area (Å²) in [6, 6.07) is 7.78. The Balaban J connectivity index is 1.74. The van der Waals surface area contributed by atoms with E-state index in [2.05, 4.69) is 0 Å². The molecule has 0 aliphatic carbocycles. The van der Waals surface area contributed by atoms with Gasteiger partial charge in [-0.3, -0.25) is 0 Å². The molecule has 3 nitrogen and oxygen atoms in total. The van der Waals surface area contributed by atoms with Crippen LogP contribution in [-0.2, 0) is 4.74 Å². The third-order valence-electron chi connectivity index (χ3n) is 4.48. The third kappa shape index (κ3) is 2.83. The lowest BCUT2D eigenvalue weighted by molar-refractivity contribution is -0.102. The first-order valence-corrected chi connectivity index (χ1v) is 8.42. The van der Waals surface area contributed by atoms with Gasteiger partial charge in [-0.2, -0.15) is 11.8 Å². The van der Waals surface area contributed by atoms with E-state index in [9.17, 15) is 5.11 Å². The van der Waals surface area contributed by atoms with Crippen molar-refractivity contribution in [1.29, 1.82) is 0 Å². The maximum Gasteiger partial charge on any atom is 0.119 e. The van der Waals surface area contributed by atoms with Gasteiger partial charge in [-0.05, 0) is 48.6 Å². The average Bonchev–Trinajstić information content (AvgIpc) is 2.94. The number of rotatable bonds is 3. The van der Waals surface area contributed by atoms with Crippen molar-refractivity contribution in [2.45, 2.75) is 31.0 Å². The van der Waals surface area contributed by atoms with Crippen molar-refractivity contribution in [3.63, 3.8) is 0 Å². The first-order valence-electron chi connectivity index (χ1n) is 7.26. The molecule has 2 aliphatic rings. The molecule has 1 N–H and O–H groups in total. The van der Waals surface area contributed by atoms with Crippen molar-refractivity contribution in [3.05, 3.63) is 29.8 Å². The molecule has 0 saturated carbocycles. The zero-order valence-electron chi connectivity index (χ0n) is 11.9. The second kappa shape index (κ2) is 5.96. The van der Waals surface area contributed by atoms with Gasteiger partial charge in [0.2, 0.25) is 0 Å².